The van der Waals surface area contributed by atoms with Crippen LogP contribution in [0.5, 0.6) is 0 Å². The second kappa shape index (κ2) is 5.54. The Morgan fingerprint density at radius 3 is 2.48 bits per heavy atom. The molecule has 0 atom stereocenters. The molecule has 4 N–H and O–H groups in total. The van der Waals surface area contributed by atoms with E-state index in [9.17, 15) is 0 Å². The van der Waals surface area contributed by atoms with E-state index in [0.717, 1.165) is 16.5 Å². The molecule has 4 heteroatoms. The highest BCUT2D eigenvalue weighted by molar-refractivity contribution is 5.98. The molecule has 0 radical (unpaired) electrons. The second-order valence-electron chi connectivity index (χ2n) is 4.65. The van der Waals surface area contributed by atoms with Crippen LogP contribution in [0, 0.1) is 5.41 Å². The van der Waals surface area contributed by atoms with Gasteiger partial charge in [-0.1, -0.05) is 48.5 Å². The first-order chi connectivity index (χ1) is 10.3. The third kappa shape index (κ3) is 2.65. The maximum Gasteiger partial charge on any atom is 0.247 e. The van der Waals surface area contributed by atoms with Crippen LogP contribution in [-0.4, -0.2) is 5.90 Å². The maximum atomic E-state index is 7.96. The Hall–Kier alpha value is -3.01. The van der Waals surface area contributed by atoms with E-state index in [1.165, 1.54) is 0 Å². The zero-order valence-electron chi connectivity index (χ0n) is 11.3. The molecule has 0 spiro atoms. The first kappa shape index (κ1) is 13.0. The highest BCUT2D eigenvalue weighted by Gasteiger charge is 2.07. The molecule has 4 nitrogen and oxygen atoms in total. The predicted octanol–water partition coefficient (Wildman–Crippen LogP) is 3.79. The first-order valence-electron chi connectivity index (χ1n) is 6.60. The summed E-state index contributed by atoms with van der Waals surface area (Å²) < 4.78 is 0. The van der Waals surface area contributed by atoms with Gasteiger partial charge < -0.3 is 10.6 Å². The Balaban J connectivity index is 1.81. The smallest absolute Gasteiger partial charge is 0.247 e. The number of para-hydroxylation sites is 1. The zero-order chi connectivity index (χ0) is 14.7. The van der Waals surface area contributed by atoms with Gasteiger partial charge in [0, 0.05) is 11.1 Å². The Morgan fingerprint density at radius 1 is 0.905 bits per heavy atom. The lowest BCUT2D eigenvalue weighted by atomic mass is 10.1. The summed E-state index contributed by atoms with van der Waals surface area (Å²) in [6, 6.07) is 21.0. The van der Waals surface area contributed by atoms with Crippen LogP contribution in [0.4, 0.5) is 11.4 Å². The Bertz CT molecular complexity index is 793. The molecule has 0 bridgehead atoms. The van der Waals surface area contributed by atoms with Crippen molar-refractivity contribution in [3.8, 4) is 0 Å². The monoisotopic (exact) mass is 277 g/mol. The van der Waals surface area contributed by atoms with E-state index in [2.05, 4.69) is 5.48 Å². The number of fused-ring (bicyclic) bond motifs is 1. The Morgan fingerprint density at radius 2 is 1.62 bits per heavy atom. The van der Waals surface area contributed by atoms with Crippen molar-refractivity contribution in [3.63, 3.8) is 0 Å². The normalized spacial score (nSPS) is 10.3. The highest BCUT2D eigenvalue weighted by atomic mass is 16.7. The third-order valence-corrected chi connectivity index (χ3v) is 3.26. The van der Waals surface area contributed by atoms with Gasteiger partial charge in [-0.25, -0.2) is 5.48 Å². The van der Waals surface area contributed by atoms with Crippen molar-refractivity contribution in [2.75, 3.05) is 11.2 Å². The summed E-state index contributed by atoms with van der Waals surface area (Å²) in [4.78, 5) is 5.36. The first-order valence-corrected chi connectivity index (χ1v) is 6.60. The van der Waals surface area contributed by atoms with Crippen LogP contribution in [0.3, 0.4) is 0 Å². The van der Waals surface area contributed by atoms with Gasteiger partial charge >= 0.3 is 0 Å². The van der Waals surface area contributed by atoms with E-state index in [0.29, 0.717) is 11.3 Å². The third-order valence-electron chi connectivity index (χ3n) is 3.26. The predicted molar refractivity (Wildman–Crippen MR) is 86.3 cm³/mol. The Labute approximate surface area is 122 Å². The summed E-state index contributed by atoms with van der Waals surface area (Å²) in [6.45, 7) is 0. The van der Waals surface area contributed by atoms with Gasteiger partial charge in [0.05, 0.1) is 11.3 Å². The molecule has 0 heterocycles. The number of nitrogens with two attached hydrogens (primary N) is 1. The molecule has 0 aliphatic carbocycles. The van der Waals surface area contributed by atoms with E-state index in [1.54, 1.807) is 12.1 Å². The van der Waals surface area contributed by atoms with Gasteiger partial charge in [0.25, 0.3) is 0 Å². The molecule has 21 heavy (non-hydrogen) atoms. The molecule has 0 fully saturated rings. The van der Waals surface area contributed by atoms with Crippen LogP contribution in [0.1, 0.15) is 5.56 Å². The molecule has 104 valence electrons. The number of rotatable bonds is 3. The van der Waals surface area contributed by atoms with E-state index in [1.807, 2.05) is 54.6 Å². The molecule has 0 aromatic heterocycles. The van der Waals surface area contributed by atoms with Gasteiger partial charge in [0.15, 0.2) is 0 Å². The van der Waals surface area contributed by atoms with Crippen molar-refractivity contribution >= 4 is 28.0 Å². The molecular formula is C17H15N3O. The standard InChI is InChI=1S/C17H15N3O/c18-15-10-4-3-9-14(15)17(19)21-20-16-11-5-7-12-6-1-2-8-13(12)16/h1-11,19-20H,18H2. The molecular weight excluding hydrogens is 262 g/mol. The van der Waals surface area contributed by atoms with Gasteiger partial charge in [0.1, 0.15) is 0 Å². The van der Waals surface area contributed by atoms with Crippen LogP contribution in [0.25, 0.3) is 10.8 Å². The number of hydrogen-bond donors (Lipinski definition) is 3. The van der Waals surface area contributed by atoms with Crippen LogP contribution in [0.15, 0.2) is 66.7 Å². The minimum absolute atomic E-state index is 0.0129. The number of nitrogens with one attached hydrogen (secondary N) is 2. The summed E-state index contributed by atoms with van der Waals surface area (Å²) >= 11 is 0. The SMILES string of the molecule is N=C(ONc1cccc2ccccc12)c1ccccc1N. The summed E-state index contributed by atoms with van der Waals surface area (Å²) in [6.07, 6.45) is 0. The molecule has 3 rings (SSSR count). The number of anilines is 2. The van der Waals surface area contributed by atoms with E-state index >= 15 is 0 Å². The lowest BCUT2D eigenvalue weighted by Gasteiger charge is -2.12. The van der Waals surface area contributed by atoms with Gasteiger partial charge in [-0.05, 0) is 23.6 Å². The Kier molecular flexibility index (Phi) is 3.43. The van der Waals surface area contributed by atoms with Crippen molar-refractivity contribution in [3.05, 3.63) is 72.3 Å². The quantitative estimate of drug-likeness (QED) is 0.295. The van der Waals surface area contributed by atoms with Gasteiger partial charge in [-0.2, -0.15) is 0 Å². The average molecular weight is 277 g/mol. The summed E-state index contributed by atoms with van der Waals surface area (Å²) in [5.41, 5.74) is 10.6. The number of benzene rings is 3. The van der Waals surface area contributed by atoms with Crippen LogP contribution in [0.2, 0.25) is 0 Å². The van der Waals surface area contributed by atoms with Crippen molar-refractivity contribution in [2.45, 2.75) is 0 Å². The molecule has 0 amide bonds. The molecule has 3 aromatic rings. The molecule has 0 saturated heterocycles. The average Bonchev–Trinajstić information content (AvgIpc) is 2.53. The number of nitrogen functional groups attached to an aromatic ring is 1. The fourth-order valence-electron chi connectivity index (χ4n) is 2.18. The van der Waals surface area contributed by atoms with Crippen LogP contribution >= 0.6 is 0 Å². The van der Waals surface area contributed by atoms with Gasteiger partial charge in [-0.15, -0.1) is 0 Å². The fourth-order valence-corrected chi connectivity index (χ4v) is 2.18. The maximum absolute atomic E-state index is 7.96. The second-order valence-corrected chi connectivity index (χ2v) is 4.65. The van der Waals surface area contributed by atoms with Gasteiger partial charge in [0.2, 0.25) is 5.90 Å². The minimum Gasteiger partial charge on any atom is -0.398 e. The van der Waals surface area contributed by atoms with Crippen molar-refractivity contribution in [2.24, 2.45) is 0 Å². The molecule has 0 unspecified atom stereocenters. The lowest BCUT2D eigenvalue weighted by Crippen LogP contribution is -2.12. The topological polar surface area (TPSA) is 71.1 Å². The van der Waals surface area contributed by atoms with E-state index < -0.39 is 0 Å². The largest absolute Gasteiger partial charge is 0.398 e. The summed E-state index contributed by atoms with van der Waals surface area (Å²) in [5, 5.41) is 10.1. The lowest BCUT2D eigenvalue weighted by molar-refractivity contribution is 0.392. The molecule has 0 aliphatic heterocycles. The fraction of sp³-hybridized carbons (Fsp3) is 0. The van der Waals surface area contributed by atoms with Crippen molar-refractivity contribution < 1.29 is 4.84 Å². The minimum atomic E-state index is -0.0129. The summed E-state index contributed by atoms with van der Waals surface area (Å²) in [5.74, 6) is -0.0129. The number of hydrogen-bond acceptors (Lipinski definition) is 4. The van der Waals surface area contributed by atoms with Crippen molar-refractivity contribution in [1.82, 2.24) is 0 Å². The van der Waals surface area contributed by atoms with E-state index in [-0.39, 0.29) is 5.90 Å². The van der Waals surface area contributed by atoms with Crippen LogP contribution < -0.4 is 11.2 Å². The zero-order valence-corrected chi connectivity index (χ0v) is 11.3. The van der Waals surface area contributed by atoms with E-state index in [4.69, 9.17) is 16.0 Å². The van der Waals surface area contributed by atoms with Crippen LogP contribution in [-0.2, 0) is 4.84 Å². The molecule has 0 aliphatic rings. The summed E-state index contributed by atoms with van der Waals surface area (Å²) in [7, 11) is 0. The molecule has 0 saturated carbocycles. The van der Waals surface area contributed by atoms with Crippen molar-refractivity contribution in [1.29, 1.82) is 5.41 Å². The van der Waals surface area contributed by atoms with Gasteiger partial charge in [-0.3, -0.25) is 5.41 Å². The highest BCUT2D eigenvalue weighted by Crippen LogP contribution is 2.23. The molecule has 3 aromatic carbocycles.